The topological polar surface area (TPSA) is 17.1 Å². The molecule has 0 aliphatic rings. The summed E-state index contributed by atoms with van der Waals surface area (Å²) in [6.45, 7) is 7.83. The highest BCUT2D eigenvalue weighted by Gasteiger charge is 2.14. The molecule has 0 spiro atoms. The molecule has 0 aliphatic heterocycles. The summed E-state index contributed by atoms with van der Waals surface area (Å²) in [5, 5.41) is 0. The van der Waals surface area contributed by atoms with Crippen LogP contribution in [0.2, 0.25) is 0 Å². The predicted molar refractivity (Wildman–Crippen MR) is 43.5 cm³/mol. The second-order valence-corrected chi connectivity index (χ2v) is 3.47. The Morgan fingerprint density at radius 3 is 2.30 bits per heavy atom. The smallest absolute Gasteiger partial charge is 0.204 e. The van der Waals surface area contributed by atoms with Crippen molar-refractivity contribution in [3.63, 3.8) is 0 Å². The molecule has 0 aliphatic carbocycles. The number of hydrogen-bond acceptors (Lipinski definition) is 1. The van der Waals surface area contributed by atoms with Crippen LogP contribution in [-0.2, 0) is 4.79 Å². The van der Waals surface area contributed by atoms with Crippen molar-refractivity contribution in [3.05, 3.63) is 11.6 Å². The van der Waals surface area contributed by atoms with Gasteiger partial charge in [-0.15, -0.1) is 0 Å². The Morgan fingerprint density at radius 2 is 2.00 bits per heavy atom. The fourth-order valence-electron chi connectivity index (χ4n) is 0.501. The highest BCUT2D eigenvalue weighted by atomic mass is 16.1. The van der Waals surface area contributed by atoms with Gasteiger partial charge >= 0.3 is 0 Å². The Balaban J connectivity index is 3.90. The Bertz CT molecular complexity index is 139. The zero-order valence-corrected chi connectivity index (χ0v) is 7.19. The largest absolute Gasteiger partial charge is 0.290 e. The minimum atomic E-state index is -0.308. The van der Waals surface area contributed by atoms with E-state index < -0.39 is 0 Å². The van der Waals surface area contributed by atoms with Gasteiger partial charge in [0.05, 0.1) is 0 Å². The molecule has 1 heteroatoms. The molecule has 0 rings (SSSR count). The van der Waals surface area contributed by atoms with Crippen molar-refractivity contribution in [2.24, 2.45) is 5.41 Å². The van der Waals surface area contributed by atoms with Crippen LogP contribution in [-0.4, -0.2) is 6.29 Å². The second kappa shape index (κ2) is 3.55. The minimum absolute atomic E-state index is 0.308. The molecule has 0 heterocycles. The molecule has 57 valence electrons. The molecular formula is C9H15O. The molecule has 0 saturated heterocycles. The molecule has 1 radical (unpaired) electrons. The van der Waals surface area contributed by atoms with Crippen LogP contribution in [0.4, 0.5) is 0 Å². The van der Waals surface area contributed by atoms with E-state index in [0.717, 1.165) is 6.42 Å². The lowest BCUT2D eigenvalue weighted by Crippen LogP contribution is -2.10. The fraction of sp³-hybridized carbons (Fsp3) is 0.667. The highest BCUT2D eigenvalue weighted by Crippen LogP contribution is 2.17. The lowest BCUT2D eigenvalue weighted by Gasteiger charge is -2.11. The van der Waals surface area contributed by atoms with E-state index in [-0.39, 0.29) is 5.41 Å². The molecule has 0 aromatic rings. The van der Waals surface area contributed by atoms with Gasteiger partial charge in [0, 0.05) is 5.41 Å². The van der Waals surface area contributed by atoms with Crippen molar-refractivity contribution < 1.29 is 4.79 Å². The average Bonchev–Trinajstić information content (AvgIpc) is 1.85. The maximum absolute atomic E-state index is 10.3. The molecule has 0 N–H and O–H groups in total. The summed E-state index contributed by atoms with van der Waals surface area (Å²) in [7, 11) is 0. The maximum atomic E-state index is 10.3. The highest BCUT2D eigenvalue weighted by molar-refractivity contribution is 5.59. The van der Waals surface area contributed by atoms with Gasteiger partial charge in [0.15, 0.2) is 0 Å². The number of allylic oxidation sites excluding steroid dienone is 2. The quantitative estimate of drug-likeness (QED) is 0.549. The van der Waals surface area contributed by atoms with Gasteiger partial charge in [-0.1, -0.05) is 25.5 Å². The second-order valence-electron chi connectivity index (χ2n) is 3.47. The Kier molecular flexibility index (Phi) is 3.34. The van der Waals surface area contributed by atoms with Gasteiger partial charge in [-0.2, -0.15) is 0 Å². The SMILES string of the molecule is CC(C)=CCC(C)(C)[C]=O. The van der Waals surface area contributed by atoms with Crippen LogP contribution in [0.3, 0.4) is 0 Å². The van der Waals surface area contributed by atoms with E-state index in [1.807, 2.05) is 34.0 Å². The van der Waals surface area contributed by atoms with Crippen molar-refractivity contribution in [2.75, 3.05) is 0 Å². The third-order valence-electron chi connectivity index (χ3n) is 1.30. The van der Waals surface area contributed by atoms with Crippen molar-refractivity contribution in [1.29, 1.82) is 0 Å². The minimum Gasteiger partial charge on any atom is -0.290 e. The van der Waals surface area contributed by atoms with Crippen LogP contribution < -0.4 is 0 Å². The third kappa shape index (κ3) is 4.30. The first kappa shape index (κ1) is 9.41. The summed E-state index contributed by atoms with van der Waals surface area (Å²) in [5.41, 5.74) is 0.945. The Labute approximate surface area is 63.1 Å². The van der Waals surface area contributed by atoms with Gasteiger partial charge in [-0.05, 0) is 20.3 Å². The number of hydrogen-bond donors (Lipinski definition) is 0. The third-order valence-corrected chi connectivity index (χ3v) is 1.30. The van der Waals surface area contributed by atoms with Gasteiger partial charge in [-0.3, -0.25) is 4.79 Å². The van der Waals surface area contributed by atoms with Crippen LogP contribution in [0.5, 0.6) is 0 Å². The molecule has 0 fully saturated rings. The maximum Gasteiger partial charge on any atom is 0.204 e. The van der Waals surface area contributed by atoms with Crippen molar-refractivity contribution in [2.45, 2.75) is 34.1 Å². The van der Waals surface area contributed by atoms with Gasteiger partial charge in [0.25, 0.3) is 0 Å². The predicted octanol–water partition coefficient (Wildman–Crippen LogP) is 2.48. The molecule has 0 bridgehead atoms. The summed E-state index contributed by atoms with van der Waals surface area (Å²) in [6, 6.07) is 0. The Morgan fingerprint density at radius 1 is 1.50 bits per heavy atom. The van der Waals surface area contributed by atoms with E-state index >= 15 is 0 Å². The van der Waals surface area contributed by atoms with Crippen LogP contribution in [0.15, 0.2) is 11.6 Å². The first-order chi connectivity index (χ1) is 4.48. The zero-order chi connectivity index (χ0) is 8.20. The molecule has 0 aromatic heterocycles. The first-order valence-corrected chi connectivity index (χ1v) is 3.50. The molecule has 10 heavy (non-hydrogen) atoms. The summed E-state index contributed by atoms with van der Waals surface area (Å²) < 4.78 is 0. The normalized spacial score (nSPS) is 10.8. The van der Waals surface area contributed by atoms with Gasteiger partial charge < -0.3 is 0 Å². The molecule has 0 unspecified atom stereocenters. The average molecular weight is 139 g/mol. The van der Waals surface area contributed by atoms with Crippen molar-refractivity contribution in [1.82, 2.24) is 0 Å². The molecule has 0 amide bonds. The van der Waals surface area contributed by atoms with E-state index in [1.165, 1.54) is 5.57 Å². The first-order valence-electron chi connectivity index (χ1n) is 3.50. The van der Waals surface area contributed by atoms with Crippen molar-refractivity contribution >= 4 is 6.29 Å². The van der Waals surface area contributed by atoms with E-state index in [4.69, 9.17) is 0 Å². The molecule has 0 atom stereocenters. The summed E-state index contributed by atoms with van der Waals surface area (Å²) in [4.78, 5) is 10.3. The number of carbonyl (C=O) groups excluding carboxylic acids is 1. The van der Waals surface area contributed by atoms with E-state index in [1.54, 1.807) is 0 Å². The molecule has 0 saturated carbocycles. The zero-order valence-electron chi connectivity index (χ0n) is 7.19. The summed E-state index contributed by atoms with van der Waals surface area (Å²) in [5.74, 6) is 0. The number of rotatable bonds is 3. The lowest BCUT2D eigenvalue weighted by molar-refractivity contribution is 0.454. The molecule has 1 nitrogen and oxygen atoms in total. The van der Waals surface area contributed by atoms with Gasteiger partial charge in [-0.25, -0.2) is 0 Å². The monoisotopic (exact) mass is 139 g/mol. The molecule has 0 aromatic carbocycles. The molecular weight excluding hydrogens is 124 g/mol. The lowest BCUT2D eigenvalue weighted by atomic mass is 9.91. The van der Waals surface area contributed by atoms with Crippen LogP contribution in [0.1, 0.15) is 34.1 Å². The van der Waals surface area contributed by atoms with E-state index in [2.05, 4.69) is 6.08 Å². The standard InChI is InChI=1S/C9H15O/c1-8(2)5-6-9(3,4)7-10/h5H,6H2,1-4H3. The van der Waals surface area contributed by atoms with E-state index in [9.17, 15) is 4.79 Å². The van der Waals surface area contributed by atoms with Crippen LogP contribution in [0.25, 0.3) is 0 Å². The Hall–Kier alpha value is -0.590. The van der Waals surface area contributed by atoms with Crippen LogP contribution >= 0.6 is 0 Å². The van der Waals surface area contributed by atoms with Crippen LogP contribution in [0, 0.1) is 5.41 Å². The fourth-order valence-corrected chi connectivity index (χ4v) is 0.501. The summed E-state index contributed by atoms with van der Waals surface area (Å²) >= 11 is 0. The van der Waals surface area contributed by atoms with E-state index in [0.29, 0.717) is 0 Å². The van der Waals surface area contributed by atoms with Gasteiger partial charge in [0.2, 0.25) is 6.29 Å². The van der Waals surface area contributed by atoms with Crippen molar-refractivity contribution in [3.8, 4) is 0 Å². The van der Waals surface area contributed by atoms with Gasteiger partial charge in [0.1, 0.15) is 0 Å². The summed E-state index contributed by atoms with van der Waals surface area (Å²) in [6.07, 6.45) is 4.85.